The number of nitrogens with zero attached hydrogens (tertiary/aromatic N) is 1. The first-order chi connectivity index (χ1) is 13.8. The van der Waals surface area contributed by atoms with Crippen LogP contribution >= 0.6 is 24.2 Å². The van der Waals surface area contributed by atoms with Crippen LogP contribution in [-0.2, 0) is 40.9 Å². The van der Waals surface area contributed by atoms with Crippen LogP contribution in [0.3, 0.4) is 0 Å². The van der Waals surface area contributed by atoms with Gasteiger partial charge in [0.1, 0.15) is 18.4 Å². The summed E-state index contributed by atoms with van der Waals surface area (Å²) in [5.74, 6) is -0.670. The van der Waals surface area contributed by atoms with E-state index < -0.39 is 66.5 Å². The molecule has 30 heavy (non-hydrogen) atoms. The first-order valence-electron chi connectivity index (χ1n) is 8.16. The summed E-state index contributed by atoms with van der Waals surface area (Å²) in [6.07, 6.45) is -1.71. The minimum absolute atomic E-state index is 0.0121. The summed E-state index contributed by atoms with van der Waals surface area (Å²) in [6.45, 7) is 2.09. The number of aromatic nitrogens is 2. The van der Waals surface area contributed by atoms with E-state index in [1.165, 1.54) is 13.1 Å². The van der Waals surface area contributed by atoms with Crippen LogP contribution in [0.15, 0.2) is 15.8 Å². The highest BCUT2D eigenvalue weighted by Gasteiger charge is 2.42. The van der Waals surface area contributed by atoms with E-state index in [2.05, 4.69) is 17.9 Å². The van der Waals surface area contributed by atoms with Gasteiger partial charge in [-0.05, 0) is 6.92 Å². The lowest BCUT2D eigenvalue weighted by molar-refractivity contribution is -0.240. The molecule has 3 heterocycles. The van der Waals surface area contributed by atoms with Gasteiger partial charge in [0, 0.05) is 25.1 Å². The van der Waals surface area contributed by atoms with Crippen LogP contribution in [0.25, 0.3) is 0 Å². The molecule has 1 aromatic rings. The van der Waals surface area contributed by atoms with Gasteiger partial charge in [-0.25, -0.2) is 17.7 Å². The highest BCUT2D eigenvalue weighted by Crippen LogP contribution is 2.73. The monoisotopic (exact) mass is 488 g/mol. The fourth-order valence-corrected chi connectivity index (χ4v) is 6.77. The quantitative estimate of drug-likeness (QED) is 0.403. The van der Waals surface area contributed by atoms with E-state index in [4.69, 9.17) is 14.0 Å². The van der Waals surface area contributed by atoms with Crippen LogP contribution in [0.4, 0.5) is 0 Å². The molecular weight excluding hydrogens is 473 g/mol. The molecule has 15 nitrogen and oxygen atoms in total. The lowest BCUT2D eigenvalue weighted by Gasteiger charge is -2.38. The number of hydrogen-bond acceptors (Lipinski definition) is 13. The van der Waals surface area contributed by atoms with E-state index in [1.807, 2.05) is 0 Å². The number of H-pyrrole nitrogens is 1. The van der Waals surface area contributed by atoms with Crippen LogP contribution in [0.2, 0.25) is 0 Å². The number of ether oxygens (including phenoxy) is 2. The summed E-state index contributed by atoms with van der Waals surface area (Å²) in [6, 6.07) is 0. The van der Waals surface area contributed by atoms with Crippen molar-refractivity contribution in [3.05, 3.63) is 32.6 Å². The van der Waals surface area contributed by atoms with Crippen molar-refractivity contribution in [2.24, 2.45) is 0 Å². The summed E-state index contributed by atoms with van der Waals surface area (Å²) in [5, 5.41) is 0. The zero-order valence-corrected chi connectivity index (χ0v) is 18.0. The molecule has 0 radical (unpaired) electrons. The Kier molecular flexibility index (Phi) is 6.80. The molecule has 0 spiro atoms. The van der Waals surface area contributed by atoms with Crippen molar-refractivity contribution in [1.29, 1.82) is 0 Å². The molecule has 0 bridgehead atoms. The second-order valence-corrected chi connectivity index (χ2v) is 10.6. The minimum Gasteiger partial charge on any atom is -0.756 e. The van der Waals surface area contributed by atoms with E-state index in [0.717, 1.165) is 11.5 Å². The Morgan fingerprint density at radius 3 is 2.57 bits per heavy atom. The molecule has 0 aromatic carbocycles. The van der Waals surface area contributed by atoms with Gasteiger partial charge < -0.3 is 23.8 Å². The molecule has 0 saturated carbocycles. The molecule has 3 rings (SSSR count). The zero-order chi connectivity index (χ0) is 22.3. The van der Waals surface area contributed by atoms with E-state index in [-0.39, 0.29) is 12.0 Å². The van der Waals surface area contributed by atoms with Crippen molar-refractivity contribution >= 4 is 30.2 Å². The number of aromatic amines is 1. The number of carbonyl (C=O) groups excluding carboxylic acids is 1. The van der Waals surface area contributed by atoms with E-state index in [1.54, 1.807) is 0 Å². The van der Waals surface area contributed by atoms with Gasteiger partial charge in [-0.3, -0.25) is 28.3 Å². The predicted octanol–water partition coefficient (Wildman–Crippen LogP) is -0.692. The molecule has 168 valence electrons. The van der Waals surface area contributed by atoms with Gasteiger partial charge in [0.15, 0.2) is 0 Å². The molecule has 0 amide bonds. The van der Waals surface area contributed by atoms with Gasteiger partial charge in [-0.1, -0.05) is 0 Å². The second kappa shape index (κ2) is 8.71. The number of rotatable bonds is 5. The molecule has 2 saturated heterocycles. The second-order valence-electron chi connectivity index (χ2n) is 6.15. The van der Waals surface area contributed by atoms with Crippen molar-refractivity contribution in [1.82, 2.24) is 9.55 Å². The highest BCUT2D eigenvalue weighted by molar-refractivity contribution is 7.71. The largest absolute Gasteiger partial charge is 0.756 e. The van der Waals surface area contributed by atoms with Crippen LogP contribution < -0.4 is 21.0 Å². The van der Waals surface area contributed by atoms with Gasteiger partial charge in [-0.2, -0.15) is 0 Å². The maximum Gasteiger partial charge on any atom is 0.346 e. The number of carbonyl (C=O) groups is 1. The number of phosphoric acid groups is 2. The fourth-order valence-electron chi connectivity index (χ4n) is 2.67. The van der Waals surface area contributed by atoms with E-state index in [0.29, 0.717) is 0 Å². The SMILES string of the molecule is CC(=O)O[C@H]1C[C@H](n2cc(C)c(=O)[nH]c2=O)O[C@@H]1COP1OP(=O)([O-])OP(=O)([O-])O1. The predicted molar refractivity (Wildman–Crippen MR) is 91.5 cm³/mol. The van der Waals surface area contributed by atoms with Crippen LogP contribution in [0.5, 0.6) is 0 Å². The third kappa shape index (κ3) is 5.71. The summed E-state index contributed by atoms with van der Waals surface area (Å²) in [5.41, 5.74) is -1.11. The lowest BCUT2D eigenvalue weighted by Crippen LogP contribution is -2.33. The molecular formula is C12H15N2O13P3-2. The smallest absolute Gasteiger partial charge is 0.346 e. The average Bonchev–Trinajstić information content (AvgIpc) is 2.95. The Bertz CT molecular complexity index is 1010. The van der Waals surface area contributed by atoms with Gasteiger partial charge in [0.05, 0.1) is 6.61 Å². The Labute approximate surface area is 169 Å². The Morgan fingerprint density at radius 2 is 1.97 bits per heavy atom. The third-order valence-corrected chi connectivity index (χ3v) is 8.46. The number of aryl methyl sites for hydroxylation is 1. The molecule has 18 heteroatoms. The van der Waals surface area contributed by atoms with Crippen molar-refractivity contribution in [2.75, 3.05) is 6.61 Å². The first-order valence-corrected chi connectivity index (χ1v) is 12.2. The summed E-state index contributed by atoms with van der Waals surface area (Å²) in [7, 11) is -13.3. The summed E-state index contributed by atoms with van der Waals surface area (Å²) in [4.78, 5) is 59.7. The molecule has 0 aliphatic carbocycles. The summed E-state index contributed by atoms with van der Waals surface area (Å²) < 4.78 is 51.8. The molecule has 1 N–H and O–H groups in total. The maximum absolute atomic E-state index is 12.1. The van der Waals surface area contributed by atoms with Gasteiger partial charge in [0.2, 0.25) is 0 Å². The van der Waals surface area contributed by atoms with Gasteiger partial charge >= 0.3 is 20.3 Å². The van der Waals surface area contributed by atoms with Crippen molar-refractivity contribution in [3.63, 3.8) is 0 Å². The average molecular weight is 488 g/mol. The topological polar surface area (TPSA) is 208 Å². The fraction of sp³-hybridized carbons (Fsp3) is 0.583. The maximum atomic E-state index is 12.1. The normalized spacial score (nSPS) is 36.5. The molecule has 2 fully saturated rings. The third-order valence-electron chi connectivity index (χ3n) is 3.83. The van der Waals surface area contributed by atoms with E-state index in [9.17, 15) is 33.3 Å². The number of nitrogens with one attached hydrogen (secondary N) is 1. The standard InChI is InChI=1S/C12H17N2O13P3/c1-6-4-14(12(17)13-11(6)16)10-3-8(23-7(2)15)9(24-10)5-22-28-25-29(18,19)27-30(20,21)26-28/h4,8-10H,3,5H2,1-2H3,(H,18,19)(H,20,21)(H,13,16,17)/p-2/t8-,9+,10+/m0/s1. The number of esters is 1. The Balaban J connectivity index is 1.74. The van der Waals surface area contributed by atoms with Crippen molar-refractivity contribution in [3.8, 4) is 0 Å². The van der Waals surface area contributed by atoms with E-state index >= 15 is 0 Å². The first kappa shape index (κ1) is 23.4. The van der Waals surface area contributed by atoms with Crippen LogP contribution in [0.1, 0.15) is 25.1 Å². The summed E-state index contributed by atoms with van der Waals surface area (Å²) >= 11 is 0. The lowest BCUT2D eigenvalue weighted by atomic mass is 10.2. The van der Waals surface area contributed by atoms with Gasteiger partial charge in [0.25, 0.3) is 21.2 Å². The molecule has 1 aromatic heterocycles. The van der Waals surface area contributed by atoms with Crippen molar-refractivity contribution in [2.45, 2.75) is 38.7 Å². The van der Waals surface area contributed by atoms with Crippen molar-refractivity contribution < 1.29 is 50.6 Å². The van der Waals surface area contributed by atoms with Gasteiger partial charge in [-0.15, -0.1) is 0 Å². The highest BCUT2D eigenvalue weighted by atomic mass is 31.3. The molecule has 5 atom stereocenters. The molecule has 2 unspecified atom stereocenters. The molecule has 2 aliphatic heterocycles. The Hall–Kier alpha value is -1.24. The molecule has 2 aliphatic rings. The number of hydrogen-bond donors (Lipinski definition) is 1. The zero-order valence-electron chi connectivity index (χ0n) is 15.3. The van der Waals surface area contributed by atoms with Crippen LogP contribution in [0, 0.1) is 6.92 Å². The van der Waals surface area contributed by atoms with Crippen LogP contribution in [-0.4, -0.2) is 34.3 Å². The Morgan fingerprint density at radius 1 is 1.33 bits per heavy atom. The minimum atomic E-state index is -5.19.